The van der Waals surface area contributed by atoms with Crippen LogP contribution in [0.15, 0.2) is 42.5 Å². The molecule has 19 heavy (non-hydrogen) atoms. The molecule has 0 bridgehead atoms. The number of pyridine rings is 1. The van der Waals surface area contributed by atoms with Crippen molar-refractivity contribution in [1.82, 2.24) is 4.98 Å². The van der Waals surface area contributed by atoms with Gasteiger partial charge >= 0.3 is 0 Å². The lowest BCUT2D eigenvalue weighted by molar-refractivity contribution is 0.298. The third-order valence-electron chi connectivity index (χ3n) is 2.58. The molecular formula is C15H14N2O2. The van der Waals surface area contributed by atoms with E-state index in [1.165, 1.54) is 0 Å². The van der Waals surface area contributed by atoms with Crippen LogP contribution in [0.5, 0.6) is 11.6 Å². The molecule has 2 aromatic rings. The summed E-state index contributed by atoms with van der Waals surface area (Å²) >= 11 is 0. The minimum absolute atomic E-state index is 0.384. The van der Waals surface area contributed by atoms with Crippen LogP contribution in [0.1, 0.15) is 11.3 Å². The first-order chi connectivity index (χ1) is 9.31. The number of benzene rings is 1. The molecule has 2 rings (SSSR count). The predicted octanol–water partition coefficient (Wildman–Crippen LogP) is 2.74. The van der Waals surface area contributed by atoms with Crippen LogP contribution in [0.25, 0.3) is 0 Å². The molecule has 4 nitrogen and oxygen atoms in total. The average Bonchev–Trinajstić information content (AvgIpc) is 2.47. The zero-order valence-electron chi connectivity index (χ0n) is 10.7. The lowest BCUT2D eigenvalue weighted by atomic mass is 10.2. The predicted molar refractivity (Wildman–Crippen MR) is 70.9 cm³/mol. The minimum Gasteiger partial charge on any atom is -0.487 e. The molecular weight excluding hydrogens is 240 g/mol. The van der Waals surface area contributed by atoms with Crippen LogP contribution in [0, 0.1) is 11.3 Å². The molecule has 0 radical (unpaired) electrons. The molecule has 0 saturated heterocycles. The van der Waals surface area contributed by atoms with Gasteiger partial charge in [0.15, 0.2) is 0 Å². The van der Waals surface area contributed by atoms with E-state index in [0.717, 1.165) is 17.0 Å². The van der Waals surface area contributed by atoms with Gasteiger partial charge in [-0.2, -0.15) is 5.26 Å². The number of methoxy groups -OCH3 is 1. The maximum Gasteiger partial charge on any atom is 0.213 e. The van der Waals surface area contributed by atoms with Gasteiger partial charge in [-0.1, -0.05) is 18.2 Å². The second-order valence-electron chi connectivity index (χ2n) is 3.94. The summed E-state index contributed by atoms with van der Waals surface area (Å²) in [6.07, 6.45) is 0.414. The lowest BCUT2D eigenvalue weighted by Crippen LogP contribution is -1.99. The Hall–Kier alpha value is -2.54. The van der Waals surface area contributed by atoms with Crippen molar-refractivity contribution >= 4 is 0 Å². The zero-order valence-corrected chi connectivity index (χ0v) is 10.7. The molecule has 0 spiro atoms. The first-order valence-corrected chi connectivity index (χ1v) is 5.90. The molecule has 96 valence electrons. The molecule has 0 fully saturated rings. The molecule has 1 aromatic heterocycles. The van der Waals surface area contributed by atoms with Crippen LogP contribution in [0.3, 0.4) is 0 Å². The maximum absolute atomic E-state index is 8.59. The number of hydrogen-bond donors (Lipinski definition) is 0. The summed E-state index contributed by atoms with van der Waals surface area (Å²) in [5.41, 5.74) is 1.79. The average molecular weight is 254 g/mol. The summed E-state index contributed by atoms with van der Waals surface area (Å²) in [5.74, 6) is 1.33. The van der Waals surface area contributed by atoms with Crippen molar-refractivity contribution in [3.05, 3.63) is 53.7 Å². The molecule has 0 amide bonds. The van der Waals surface area contributed by atoms with Gasteiger partial charge in [0.1, 0.15) is 12.4 Å². The largest absolute Gasteiger partial charge is 0.487 e. The Balaban J connectivity index is 1.96. The third-order valence-corrected chi connectivity index (χ3v) is 2.58. The monoisotopic (exact) mass is 254 g/mol. The molecule has 0 aliphatic rings. The number of hydrogen-bond acceptors (Lipinski definition) is 4. The second-order valence-corrected chi connectivity index (χ2v) is 3.94. The molecule has 0 aliphatic carbocycles. The lowest BCUT2D eigenvalue weighted by Gasteiger charge is -2.07. The van der Waals surface area contributed by atoms with Gasteiger partial charge in [-0.25, -0.2) is 4.98 Å². The Kier molecular flexibility index (Phi) is 4.35. The SMILES string of the molecule is COc1cccc(COc2ccc(CC#N)cc2)n1. The molecule has 1 heterocycles. The van der Waals surface area contributed by atoms with E-state index in [4.69, 9.17) is 14.7 Å². The van der Waals surface area contributed by atoms with Crippen LogP contribution in [0.2, 0.25) is 0 Å². The Morgan fingerprint density at radius 3 is 2.63 bits per heavy atom. The van der Waals surface area contributed by atoms with Crippen molar-refractivity contribution in [3.63, 3.8) is 0 Å². The van der Waals surface area contributed by atoms with Gasteiger partial charge in [0.05, 0.1) is 25.3 Å². The molecule has 0 saturated carbocycles. The first-order valence-electron chi connectivity index (χ1n) is 5.90. The van der Waals surface area contributed by atoms with Crippen molar-refractivity contribution in [1.29, 1.82) is 5.26 Å². The Labute approximate surface area is 112 Å². The van der Waals surface area contributed by atoms with Crippen LogP contribution in [-0.2, 0) is 13.0 Å². The van der Waals surface area contributed by atoms with Crippen molar-refractivity contribution in [2.75, 3.05) is 7.11 Å². The quantitative estimate of drug-likeness (QED) is 0.823. The van der Waals surface area contributed by atoms with Crippen LogP contribution >= 0.6 is 0 Å². The summed E-state index contributed by atoms with van der Waals surface area (Å²) in [4.78, 5) is 4.26. The number of nitriles is 1. The molecule has 0 N–H and O–H groups in total. The topological polar surface area (TPSA) is 55.1 Å². The van der Waals surface area contributed by atoms with E-state index in [9.17, 15) is 0 Å². The van der Waals surface area contributed by atoms with E-state index in [1.54, 1.807) is 13.2 Å². The standard InChI is InChI=1S/C15H14N2O2/c1-18-15-4-2-3-13(17-15)11-19-14-7-5-12(6-8-14)9-10-16/h2-8H,9,11H2,1H3. The number of rotatable bonds is 5. The number of aromatic nitrogens is 1. The van der Waals surface area contributed by atoms with E-state index >= 15 is 0 Å². The van der Waals surface area contributed by atoms with Gasteiger partial charge in [-0.15, -0.1) is 0 Å². The molecule has 4 heteroatoms. The zero-order chi connectivity index (χ0) is 13.5. The Morgan fingerprint density at radius 2 is 1.95 bits per heavy atom. The smallest absolute Gasteiger partial charge is 0.213 e. The van der Waals surface area contributed by atoms with Gasteiger partial charge in [-0.3, -0.25) is 0 Å². The summed E-state index contributed by atoms with van der Waals surface area (Å²) in [5, 5.41) is 8.59. The second kappa shape index (κ2) is 6.41. The number of nitrogens with zero attached hydrogens (tertiary/aromatic N) is 2. The fourth-order valence-corrected chi connectivity index (χ4v) is 1.60. The fourth-order valence-electron chi connectivity index (χ4n) is 1.60. The van der Waals surface area contributed by atoms with Gasteiger partial charge in [0.25, 0.3) is 0 Å². The Morgan fingerprint density at radius 1 is 1.16 bits per heavy atom. The minimum atomic E-state index is 0.384. The highest BCUT2D eigenvalue weighted by atomic mass is 16.5. The third kappa shape index (κ3) is 3.71. The summed E-state index contributed by atoms with van der Waals surface area (Å²) in [6, 6.07) is 15.1. The first kappa shape index (κ1) is 12.9. The van der Waals surface area contributed by atoms with Crippen molar-refractivity contribution < 1.29 is 9.47 Å². The van der Waals surface area contributed by atoms with E-state index < -0.39 is 0 Å². The summed E-state index contributed by atoms with van der Waals surface area (Å²) in [7, 11) is 1.58. The highest BCUT2D eigenvalue weighted by molar-refractivity contribution is 5.29. The molecule has 0 unspecified atom stereocenters. The molecule has 0 aliphatic heterocycles. The van der Waals surface area contributed by atoms with Gasteiger partial charge in [-0.05, 0) is 23.8 Å². The highest BCUT2D eigenvalue weighted by Gasteiger charge is 2.00. The summed E-state index contributed by atoms with van der Waals surface area (Å²) in [6.45, 7) is 0.384. The van der Waals surface area contributed by atoms with Gasteiger partial charge in [0, 0.05) is 6.07 Å². The maximum atomic E-state index is 8.59. The molecule has 1 aromatic carbocycles. The molecule has 0 atom stereocenters. The van der Waals surface area contributed by atoms with Crippen LogP contribution in [-0.4, -0.2) is 12.1 Å². The van der Waals surface area contributed by atoms with E-state index in [0.29, 0.717) is 18.9 Å². The van der Waals surface area contributed by atoms with Crippen molar-refractivity contribution in [2.24, 2.45) is 0 Å². The Bertz CT molecular complexity index is 573. The fraction of sp³-hybridized carbons (Fsp3) is 0.200. The number of ether oxygens (including phenoxy) is 2. The van der Waals surface area contributed by atoms with E-state index in [1.807, 2.05) is 36.4 Å². The van der Waals surface area contributed by atoms with Crippen molar-refractivity contribution in [2.45, 2.75) is 13.0 Å². The van der Waals surface area contributed by atoms with Crippen LogP contribution < -0.4 is 9.47 Å². The van der Waals surface area contributed by atoms with Crippen LogP contribution in [0.4, 0.5) is 0 Å². The van der Waals surface area contributed by atoms with E-state index in [2.05, 4.69) is 11.1 Å². The van der Waals surface area contributed by atoms with Gasteiger partial charge in [0.2, 0.25) is 5.88 Å². The normalized spacial score (nSPS) is 9.68. The van der Waals surface area contributed by atoms with Crippen molar-refractivity contribution in [3.8, 4) is 17.7 Å². The van der Waals surface area contributed by atoms with Gasteiger partial charge < -0.3 is 9.47 Å². The highest BCUT2D eigenvalue weighted by Crippen LogP contribution is 2.15. The summed E-state index contributed by atoms with van der Waals surface area (Å²) < 4.78 is 10.7. The van der Waals surface area contributed by atoms with E-state index in [-0.39, 0.29) is 0 Å².